The zero-order valence-electron chi connectivity index (χ0n) is 6.95. The van der Waals surface area contributed by atoms with Crippen molar-refractivity contribution in [3.8, 4) is 6.07 Å². The lowest BCUT2D eigenvalue weighted by Gasteiger charge is -2.00. The van der Waals surface area contributed by atoms with E-state index in [2.05, 4.69) is 6.58 Å². The highest BCUT2D eigenvalue weighted by atomic mass is 16.1. The highest BCUT2D eigenvalue weighted by Gasteiger charge is 2.05. The molecule has 0 saturated carbocycles. The molecule has 0 atom stereocenters. The van der Waals surface area contributed by atoms with E-state index in [0.717, 1.165) is 0 Å². The summed E-state index contributed by atoms with van der Waals surface area (Å²) in [4.78, 5) is 10.9. The van der Waals surface area contributed by atoms with Gasteiger partial charge in [0.15, 0.2) is 0 Å². The maximum atomic E-state index is 10.9. The SMILES string of the molecule is C=Cc1cc(C#N)ccc1C(N)=O. The van der Waals surface area contributed by atoms with E-state index in [-0.39, 0.29) is 0 Å². The van der Waals surface area contributed by atoms with Gasteiger partial charge in [-0.2, -0.15) is 5.26 Å². The summed E-state index contributed by atoms with van der Waals surface area (Å²) in [5.41, 5.74) is 6.57. The van der Waals surface area contributed by atoms with Crippen LogP contribution in [0.3, 0.4) is 0 Å². The number of amides is 1. The number of carbonyl (C=O) groups excluding carboxylic acids is 1. The van der Waals surface area contributed by atoms with Crippen molar-refractivity contribution in [2.24, 2.45) is 5.73 Å². The highest BCUT2D eigenvalue weighted by molar-refractivity contribution is 5.96. The van der Waals surface area contributed by atoms with Crippen molar-refractivity contribution < 1.29 is 4.79 Å². The third-order valence-electron chi connectivity index (χ3n) is 1.67. The summed E-state index contributed by atoms with van der Waals surface area (Å²) in [7, 11) is 0. The van der Waals surface area contributed by atoms with Crippen molar-refractivity contribution in [2.45, 2.75) is 0 Å². The normalized spacial score (nSPS) is 8.85. The van der Waals surface area contributed by atoms with Gasteiger partial charge in [-0.15, -0.1) is 0 Å². The van der Waals surface area contributed by atoms with Gasteiger partial charge in [0.25, 0.3) is 0 Å². The van der Waals surface area contributed by atoms with Crippen LogP contribution in [0, 0.1) is 11.3 Å². The molecule has 0 saturated heterocycles. The minimum atomic E-state index is -0.514. The third-order valence-corrected chi connectivity index (χ3v) is 1.67. The van der Waals surface area contributed by atoms with E-state index in [1.54, 1.807) is 12.1 Å². The lowest BCUT2D eigenvalue weighted by Crippen LogP contribution is -2.12. The predicted octanol–water partition coefficient (Wildman–Crippen LogP) is 1.30. The Hall–Kier alpha value is -2.08. The van der Waals surface area contributed by atoms with E-state index >= 15 is 0 Å². The minimum absolute atomic E-state index is 0.383. The van der Waals surface area contributed by atoms with Gasteiger partial charge in [0.05, 0.1) is 11.6 Å². The van der Waals surface area contributed by atoms with Gasteiger partial charge in [0.1, 0.15) is 0 Å². The number of nitrogens with two attached hydrogens (primary N) is 1. The highest BCUT2D eigenvalue weighted by Crippen LogP contribution is 2.12. The molecule has 3 heteroatoms. The third kappa shape index (κ3) is 1.74. The summed E-state index contributed by atoms with van der Waals surface area (Å²) in [6, 6.07) is 6.62. The van der Waals surface area contributed by atoms with Crippen LogP contribution in [0.5, 0.6) is 0 Å². The number of primary amides is 1. The van der Waals surface area contributed by atoms with Crippen molar-refractivity contribution in [1.82, 2.24) is 0 Å². The number of rotatable bonds is 2. The average Bonchev–Trinajstić information content (AvgIpc) is 2.16. The van der Waals surface area contributed by atoms with E-state index in [9.17, 15) is 4.79 Å². The molecule has 64 valence electrons. The van der Waals surface area contributed by atoms with Crippen LogP contribution in [-0.2, 0) is 0 Å². The number of carbonyl (C=O) groups is 1. The molecular formula is C10H8N2O. The molecule has 13 heavy (non-hydrogen) atoms. The molecule has 0 unspecified atom stereocenters. The molecule has 0 aliphatic heterocycles. The fraction of sp³-hybridized carbons (Fsp3) is 0. The van der Waals surface area contributed by atoms with Crippen LogP contribution in [0.2, 0.25) is 0 Å². The monoisotopic (exact) mass is 172 g/mol. The van der Waals surface area contributed by atoms with Crippen LogP contribution in [-0.4, -0.2) is 5.91 Å². The smallest absolute Gasteiger partial charge is 0.249 e. The van der Waals surface area contributed by atoms with Crippen molar-refractivity contribution in [3.05, 3.63) is 41.5 Å². The molecule has 1 aromatic carbocycles. The zero-order valence-corrected chi connectivity index (χ0v) is 6.95. The predicted molar refractivity (Wildman–Crippen MR) is 49.8 cm³/mol. The Labute approximate surface area is 76.1 Å². The fourth-order valence-electron chi connectivity index (χ4n) is 1.03. The van der Waals surface area contributed by atoms with E-state index in [1.165, 1.54) is 12.1 Å². The lowest BCUT2D eigenvalue weighted by atomic mass is 10.0. The van der Waals surface area contributed by atoms with Crippen molar-refractivity contribution >= 4 is 12.0 Å². The van der Waals surface area contributed by atoms with Crippen LogP contribution in [0.25, 0.3) is 6.08 Å². The number of benzene rings is 1. The summed E-state index contributed by atoms with van der Waals surface area (Å²) in [5.74, 6) is -0.514. The topological polar surface area (TPSA) is 66.9 Å². The molecule has 2 N–H and O–H groups in total. The van der Waals surface area contributed by atoms with Crippen molar-refractivity contribution in [3.63, 3.8) is 0 Å². The molecule has 1 rings (SSSR count). The van der Waals surface area contributed by atoms with Crippen LogP contribution in [0.4, 0.5) is 0 Å². The number of nitrogens with zero attached hydrogens (tertiary/aromatic N) is 1. The Kier molecular flexibility index (Phi) is 2.46. The van der Waals surface area contributed by atoms with E-state index in [1.807, 2.05) is 6.07 Å². The lowest BCUT2D eigenvalue weighted by molar-refractivity contribution is 0.1000. The molecule has 0 aromatic heterocycles. The summed E-state index contributed by atoms with van der Waals surface area (Å²) in [5, 5.41) is 8.59. The molecule has 1 aromatic rings. The minimum Gasteiger partial charge on any atom is -0.366 e. The van der Waals surface area contributed by atoms with Gasteiger partial charge in [-0.25, -0.2) is 0 Å². The van der Waals surface area contributed by atoms with E-state index in [0.29, 0.717) is 16.7 Å². The van der Waals surface area contributed by atoms with Crippen molar-refractivity contribution in [1.29, 1.82) is 5.26 Å². The number of hydrogen-bond donors (Lipinski definition) is 1. The Balaban J connectivity index is 3.33. The van der Waals surface area contributed by atoms with Gasteiger partial charge >= 0.3 is 0 Å². The molecule has 0 aliphatic carbocycles. The first-order valence-corrected chi connectivity index (χ1v) is 3.65. The second-order valence-corrected chi connectivity index (χ2v) is 2.48. The van der Waals surface area contributed by atoms with Crippen LogP contribution >= 0.6 is 0 Å². The van der Waals surface area contributed by atoms with Gasteiger partial charge in [-0.3, -0.25) is 4.79 Å². The molecule has 0 fully saturated rings. The first-order valence-electron chi connectivity index (χ1n) is 3.65. The summed E-state index contributed by atoms with van der Waals surface area (Å²) < 4.78 is 0. The first kappa shape index (κ1) is 9.01. The summed E-state index contributed by atoms with van der Waals surface area (Å²) in [6.07, 6.45) is 1.50. The van der Waals surface area contributed by atoms with Gasteiger partial charge in [0.2, 0.25) is 5.91 Å². The van der Waals surface area contributed by atoms with E-state index < -0.39 is 5.91 Å². The zero-order chi connectivity index (χ0) is 9.84. The van der Waals surface area contributed by atoms with Crippen LogP contribution in [0.15, 0.2) is 24.8 Å². The second-order valence-electron chi connectivity index (χ2n) is 2.48. The Morgan fingerprint density at radius 1 is 1.62 bits per heavy atom. The van der Waals surface area contributed by atoms with Crippen molar-refractivity contribution in [2.75, 3.05) is 0 Å². The Bertz CT molecular complexity index is 402. The van der Waals surface area contributed by atoms with Crippen LogP contribution in [0.1, 0.15) is 21.5 Å². The van der Waals surface area contributed by atoms with Gasteiger partial charge in [-0.05, 0) is 23.8 Å². The first-order chi connectivity index (χ1) is 6.19. The second kappa shape index (κ2) is 3.55. The summed E-state index contributed by atoms with van der Waals surface area (Å²) >= 11 is 0. The number of nitriles is 1. The molecule has 3 nitrogen and oxygen atoms in total. The number of hydrogen-bond acceptors (Lipinski definition) is 2. The average molecular weight is 172 g/mol. The van der Waals surface area contributed by atoms with Crippen LogP contribution < -0.4 is 5.73 Å². The molecule has 0 heterocycles. The standard InChI is InChI=1S/C10H8N2O/c1-2-8-5-7(6-11)3-4-9(8)10(12)13/h2-5H,1H2,(H2,12,13). The van der Waals surface area contributed by atoms with Gasteiger partial charge in [-0.1, -0.05) is 12.7 Å². The maximum Gasteiger partial charge on any atom is 0.249 e. The maximum absolute atomic E-state index is 10.9. The Morgan fingerprint density at radius 3 is 2.77 bits per heavy atom. The Morgan fingerprint density at radius 2 is 2.31 bits per heavy atom. The molecule has 0 aliphatic rings. The molecule has 0 spiro atoms. The van der Waals surface area contributed by atoms with E-state index in [4.69, 9.17) is 11.0 Å². The van der Waals surface area contributed by atoms with Gasteiger partial charge in [0, 0.05) is 5.56 Å². The van der Waals surface area contributed by atoms with Gasteiger partial charge < -0.3 is 5.73 Å². The largest absolute Gasteiger partial charge is 0.366 e. The molecule has 1 amide bonds. The quantitative estimate of drug-likeness (QED) is 0.730. The molecular weight excluding hydrogens is 164 g/mol. The molecule has 0 bridgehead atoms. The fourth-order valence-corrected chi connectivity index (χ4v) is 1.03. The molecule has 0 radical (unpaired) electrons. The summed E-state index contributed by atoms with van der Waals surface area (Å²) in [6.45, 7) is 3.53.